The first-order chi connectivity index (χ1) is 7.00. The Morgan fingerprint density at radius 2 is 1.80 bits per heavy atom. The van der Waals surface area contributed by atoms with Crippen LogP contribution in [0.2, 0.25) is 18.6 Å². The molecule has 1 aromatic rings. The van der Waals surface area contributed by atoms with Crippen LogP contribution in [-0.4, -0.2) is 19.3 Å². The van der Waals surface area contributed by atoms with Crippen LogP contribution >= 0.6 is 0 Å². The molecule has 0 aliphatic heterocycles. The van der Waals surface area contributed by atoms with Gasteiger partial charge < -0.3 is 5.11 Å². The Bertz CT molecular complexity index is 317. The summed E-state index contributed by atoms with van der Waals surface area (Å²) in [7, 11) is -1.64. The maximum atomic E-state index is 9.77. The van der Waals surface area contributed by atoms with Gasteiger partial charge in [0, 0.05) is 5.54 Å². The fraction of sp³-hybridized carbons (Fsp3) is 0.385. The van der Waals surface area contributed by atoms with Crippen molar-refractivity contribution in [1.82, 2.24) is 0 Å². The number of rotatable bonds is 4. The molecule has 0 amide bonds. The normalized spacial score (nSPS) is 15.7. The molecule has 0 spiro atoms. The average Bonchev–Trinajstić information content (AvgIpc) is 2.19. The lowest BCUT2D eigenvalue weighted by molar-refractivity contribution is 0.196. The zero-order valence-electron chi connectivity index (χ0n) is 9.77. The molecule has 0 saturated heterocycles. The van der Waals surface area contributed by atoms with Crippen molar-refractivity contribution in [3.8, 4) is 0 Å². The van der Waals surface area contributed by atoms with Gasteiger partial charge in [0.1, 0.15) is 0 Å². The van der Waals surface area contributed by atoms with Crippen molar-refractivity contribution in [3.63, 3.8) is 0 Å². The average molecular weight is 220 g/mol. The Morgan fingerprint density at radius 3 is 2.20 bits per heavy atom. The van der Waals surface area contributed by atoms with E-state index in [0.29, 0.717) is 0 Å². The molecule has 82 valence electrons. The molecular weight excluding hydrogens is 200 g/mol. The van der Waals surface area contributed by atoms with Gasteiger partial charge in [-0.25, -0.2) is 0 Å². The minimum Gasteiger partial charge on any atom is -0.393 e. The summed E-state index contributed by atoms with van der Waals surface area (Å²) in [5, 5.41) is 11.1. The molecule has 1 N–H and O–H groups in total. The van der Waals surface area contributed by atoms with Gasteiger partial charge in [-0.15, -0.1) is 6.58 Å². The molecule has 1 aromatic carbocycles. The van der Waals surface area contributed by atoms with E-state index in [1.807, 2.05) is 19.1 Å². The van der Waals surface area contributed by atoms with Crippen LogP contribution in [0.1, 0.15) is 6.92 Å². The summed E-state index contributed by atoms with van der Waals surface area (Å²) in [6, 6.07) is 10.5. The summed E-state index contributed by atoms with van der Waals surface area (Å²) in [5.74, 6) is 0. The maximum Gasteiger partial charge on any atom is 0.0901 e. The molecule has 0 unspecified atom stereocenters. The van der Waals surface area contributed by atoms with Crippen molar-refractivity contribution >= 4 is 13.3 Å². The summed E-state index contributed by atoms with van der Waals surface area (Å²) in [4.78, 5) is 0. The summed E-state index contributed by atoms with van der Waals surface area (Å²) >= 11 is 0. The smallest absolute Gasteiger partial charge is 0.0901 e. The van der Waals surface area contributed by atoms with Crippen molar-refractivity contribution in [2.75, 3.05) is 0 Å². The van der Waals surface area contributed by atoms with Gasteiger partial charge in [-0.3, -0.25) is 0 Å². The van der Waals surface area contributed by atoms with Crippen LogP contribution in [0.4, 0.5) is 0 Å². The van der Waals surface area contributed by atoms with E-state index in [1.165, 1.54) is 5.19 Å². The Balaban J connectivity index is 3.05. The zero-order chi connectivity index (χ0) is 11.5. The highest BCUT2D eigenvalue weighted by Gasteiger charge is 2.34. The zero-order valence-corrected chi connectivity index (χ0v) is 10.8. The fourth-order valence-corrected chi connectivity index (χ4v) is 5.39. The second kappa shape index (κ2) is 4.77. The van der Waals surface area contributed by atoms with Crippen LogP contribution in [0, 0.1) is 0 Å². The third-order valence-electron chi connectivity index (χ3n) is 3.12. The molecule has 0 bridgehead atoms. The fourth-order valence-electron chi connectivity index (χ4n) is 2.15. The molecule has 2 atom stereocenters. The molecule has 2 heteroatoms. The minimum absolute atomic E-state index is 0.208. The lowest BCUT2D eigenvalue weighted by Gasteiger charge is -2.32. The standard InChI is InChI=1S/C13H20OSi/c1-5-13(11(2)14)15(3,4)12-9-7-6-8-10-12/h5-11,13-14H,1H2,2-4H3/t11-,13+/m0/s1. The second-order valence-corrected chi connectivity index (χ2v) is 9.28. The van der Waals surface area contributed by atoms with Crippen molar-refractivity contribution in [3.05, 3.63) is 43.0 Å². The quantitative estimate of drug-likeness (QED) is 0.611. The van der Waals surface area contributed by atoms with Gasteiger partial charge in [-0.1, -0.05) is 54.7 Å². The second-order valence-electron chi connectivity index (χ2n) is 4.59. The third kappa shape index (κ3) is 2.58. The maximum absolute atomic E-state index is 9.77. The van der Waals surface area contributed by atoms with Gasteiger partial charge in [0.2, 0.25) is 0 Å². The van der Waals surface area contributed by atoms with Crippen LogP contribution < -0.4 is 5.19 Å². The van der Waals surface area contributed by atoms with Crippen molar-refractivity contribution < 1.29 is 5.11 Å². The van der Waals surface area contributed by atoms with E-state index >= 15 is 0 Å². The molecule has 0 radical (unpaired) electrons. The molecule has 1 nitrogen and oxygen atoms in total. The molecule has 0 heterocycles. The Labute approximate surface area is 93.5 Å². The first-order valence-corrected chi connectivity index (χ1v) is 8.44. The number of hydrogen-bond donors (Lipinski definition) is 1. The van der Waals surface area contributed by atoms with Crippen molar-refractivity contribution in [1.29, 1.82) is 0 Å². The summed E-state index contributed by atoms with van der Waals surface area (Å²) in [5.41, 5.74) is 0.208. The van der Waals surface area contributed by atoms with E-state index < -0.39 is 8.07 Å². The van der Waals surface area contributed by atoms with Crippen molar-refractivity contribution in [2.24, 2.45) is 0 Å². The third-order valence-corrected chi connectivity index (χ3v) is 7.33. The molecule has 0 aromatic heterocycles. The predicted molar refractivity (Wildman–Crippen MR) is 69.2 cm³/mol. The topological polar surface area (TPSA) is 20.2 Å². The first kappa shape index (κ1) is 12.2. The molecule has 1 rings (SSSR count). The largest absolute Gasteiger partial charge is 0.393 e. The molecule has 0 aliphatic carbocycles. The Kier molecular flexibility index (Phi) is 3.88. The lowest BCUT2D eigenvalue weighted by atomic mass is 10.3. The van der Waals surface area contributed by atoms with Gasteiger partial charge >= 0.3 is 0 Å². The van der Waals surface area contributed by atoms with Gasteiger partial charge in [-0.2, -0.15) is 0 Å². The van der Waals surface area contributed by atoms with E-state index in [1.54, 1.807) is 0 Å². The number of aliphatic hydroxyl groups is 1. The molecule has 0 aliphatic rings. The molecule has 15 heavy (non-hydrogen) atoms. The summed E-state index contributed by atoms with van der Waals surface area (Å²) in [6.07, 6.45) is 1.59. The highest BCUT2D eigenvalue weighted by atomic mass is 28.3. The summed E-state index contributed by atoms with van der Waals surface area (Å²) in [6.45, 7) is 10.3. The van der Waals surface area contributed by atoms with Crippen molar-refractivity contribution in [2.45, 2.75) is 31.7 Å². The lowest BCUT2D eigenvalue weighted by Crippen LogP contribution is -2.48. The molecular formula is C13H20OSi. The predicted octanol–water partition coefficient (Wildman–Crippen LogP) is 2.54. The number of hydrogen-bond acceptors (Lipinski definition) is 1. The monoisotopic (exact) mass is 220 g/mol. The van der Waals surface area contributed by atoms with E-state index in [-0.39, 0.29) is 11.6 Å². The SMILES string of the molecule is C=C[C@H]([C@H](C)O)[Si](C)(C)c1ccccc1. The van der Waals surface area contributed by atoms with E-state index in [2.05, 4.69) is 43.9 Å². The number of benzene rings is 1. The first-order valence-electron chi connectivity index (χ1n) is 5.36. The van der Waals surface area contributed by atoms with Crippen LogP contribution in [-0.2, 0) is 0 Å². The highest BCUT2D eigenvalue weighted by molar-refractivity contribution is 6.91. The van der Waals surface area contributed by atoms with E-state index in [4.69, 9.17) is 0 Å². The van der Waals surface area contributed by atoms with Gasteiger partial charge in [-0.05, 0) is 6.92 Å². The van der Waals surface area contributed by atoms with Crippen LogP contribution in [0.15, 0.2) is 43.0 Å². The van der Waals surface area contributed by atoms with Gasteiger partial charge in [0.15, 0.2) is 0 Å². The molecule has 0 fully saturated rings. The summed E-state index contributed by atoms with van der Waals surface area (Å²) < 4.78 is 0. The van der Waals surface area contributed by atoms with Crippen LogP contribution in [0.25, 0.3) is 0 Å². The van der Waals surface area contributed by atoms with Crippen LogP contribution in [0.3, 0.4) is 0 Å². The van der Waals surface area contributed by atoms with E-state index in [9.17, 15) is 5.11 Å². The highest BCUT2D eigenvalue weighted by Crippen LogP contribution is 2.26. The van der Waals surface area contributed by atoms with E-state index in [0.717, 1.165) is 0 Å². The Morgan fingerprint density at radius 1 is 1.27 bits per heavy atom. The number of aliphatic hydroxyl groups excluding tert-OH is 1. The minimum atomic E-state index is -1.64. The molecule has 0 saturated carbocycles. The Hall–Kier alpha value is -0.863. The van der Waals surface area contributed by atoms with Crippen LogP contribution in [0.5, 0.6) is 0 Å². The van der Waals surface area contributed by atoms with Gasteiger partial charge in [0.05, 0.1) is 14.2 Å². The van der Waals surface area contributed by atoms with Gasteiger partial charge in [0.25, 0.3) is 0 Å².